The van der Waals surface area contributed by atoms with E-state index in [1.807, 2.05) is 41.2 Å². The van der Waals surface area contributed by atoms with Gasteiger partial charge >= 0.3 is 17.6 Å². The highest BCUT2D eigenvalue weighted by Crippen LogP contribution is 2.44. The predicted molar refractivity (Wildman–Crippen MR) is 213 cm³/mol. The molecule has 0 bridgehead atoms. The van der Waals surface area contributed by atoms with Gasteiger partial charge in [0.2, 0.25) is 0 Å². The van der Waals surface area contributed by atoms with Crippen LogP contribution in [-0.4, -0.2) is 57.3 Å². The van der Waals surface area contributed by atoms with E-state index in [0.717, 1.165) is 116 Å². The van der Waals surface area contributed by atoms with Gasteiger partial charge in [0.25, 0.3) is 0 Å². The maximum atomic E-state index is 6.22. The lowest BCUT2D eigenvalue weighted by molar-refractivity contribution is 0.0580. The third-order valence-corrected chi connectivity index (χ3v) is 18.1. The van der Waals surface area contributed by atoms with Crippen LogP contribution in [0.25, 0.3) is 0 Å². The lowest BCUT2D eigenvalue weighted by Crippen LogP contribution is -2.46. The third kappa shape index (κ3) is 27.8. The third-order valence-electron chi connectivity index (χ3n) is 6.77. The van der Waals surface area contributed by atoms with E-state index in [4.69, 9.17) is 26.6 Å². The highest BCUT2D eigenvalue weighted by atomic mass is 33.7. The second kappa shape index (κ2) is 35.9. The fourth-order valence-corrected chi connectivity index (χ4v) is 14.9. The van der Waals surface area contributed by atoms with Gasteiger partial charge in [-0.05, 0) is 108 Å². The first-order chi connectivity index (χ1) is 22.6. The Labute approximate surface area is 302 Å². The second-order valence-electron chi connectivity index (χ2n) is 11.4. The van der Waals surface area contributed by atoms with Gasteiger partial charge in [-0.2, -0.15) is 0 Å². The Morgan fingerprint density at radius 1 is 0.391 bits per heavy atom. The molecular weight excluding hydrogens is 689 g/mol. The summed E-state index contributed by atoms with van der Waals surface area (Å²) >= 11 is 0. The summed E-state index contributed by atoms with van der Waals surface area (Å²) in [4.78, 5) is 0. The normalized spacial score (nSPS) is 12.7. The number of rotatable bonds is 37. The summed E-state index contributed by atoms with van der Waals surface area (Å²) in [6.07, 6.45) is 22.5. The summed E-state index contributed by atoms with van der Waals surface area (Å²) in [6, 6.07) is 1.89. The Morgan fingerprint density at radius 2 is 0.674 bits per heavy atom. The van der Waals surface area contributed by atoms with E-state index in [1.165, 1.54) is 38.5 Å². The summed E-state index contributed by atoms with van der Waals surface area (Å²) in [5.41, 5.74) is 0. The molecule has 0 fully saturated rings. The van der Waals surface area contributed by atoms with Gasteiger partial charge < -0.3 is 26.6 Å². The Bertz CT molecular complexity index is 594. The van der Waals surface area contributed by atoms with Crippen LogP contribution in [0.1, 0.15) is 144 Å². The molecule has 0 aromatic rings. The Kier molecular flexibility index (Phi) is 36.7. The maximum absolute atomic E-state index is 6.22. The quantitative estimate of drug-likeness (QED) is 0.0348. The minimum Gasteiger partial charge on any atom is -0.373 e. The zero-order valence-electron chi connectivity index (χ0n) is 30.4. The standard InChI is InChI=1S/C34H70O6S4Si2/c1-7-25-35-45(36-26-8-2,37-27-9-3)33-23-19-15-13-17-21-31-41-43-44-42-32-22-18-14-16-20-24-34-46(38-28-10-4,39-29-11-5)40-30-12-6/h21-22,31-32H,7-20,23-30,33-34H2,1-6H3. The van der Waals surface area contributed by atoms with Gasteiger partial charge in [-0.25, -0.2) is 0 Å². The van der Waals surface area contributed by atoms with Crippen molar-refractivity contribution >= 4 is 58.8 Å². The fraction of sp³-hybridized carbons (Fsp3) is 0.882. The van der Waals surface area contributed by atoms with Crippen molar-refractivity contribution in [2.75, 3.05) is 39.6 Å². The fourth-order valence-electron chi connectivity index (χ4n) is 4.43. The second-order valence-corrected chi connectivity index (χ2v) is 22.5. The molecule has 0 aliphatic carbocycles. The molecule has 0 aliphatic heterocycles. The van der Waals surface area contributed by atoms with Crippen LogP contribution >= 0.6 is 41.2 Å². The van der Waals surface area contributed by atoms with Gasteiger partial charge in [-0.3, -0.25) is 0 Å². The van der Waals surface area contributed by atoms with Crippen molar-refractivity contribution < 1.29 is 26.6 Å². The molecule has 12 heteroatoms. The molecule has 274 valence electrons. The minimum atomic E-state index is -2.53. The number of hydrogen-bond donors (Lipinski definition) is 0. The number of hydrogen-bond acceptors (Lipinski definition) is 10. The smallest absolute Gasteiger partial charge is 0.373 e. The average molecular weight is 759 g/mol. The molecule has 0 radical (unpaired) electrons. The van der Waals surface area contributed by atoms with E-state index in [0.29, 0.717) is 0 Å². The molecule has 0 unspecified atom stereocenters. The molecule has 0 N–H and O–H groups in total. The monoisotopic (exact) mass is 758 g/mol. The van der Waals surface area contributed by atoms with Gasteiger partial charge in [0.1, 0.15) is 0 Å². The van der Waals surface area contributed by atoms with E-state index in [1.54, 1.807) is 0 Å². The number of allylic oxidation sites excluding steroid dienone is 2. The summed E-state index contributed by atoms with van der Waals surface area (Å²) in [5, 5.41) is 4.47. The van der Waals surface area contributed by atoms with Gasteiger partial charge in [-0.1, -0.05) is 101 Å². The van der Waals surface area contributed by atoms with Crippen LogP contribution in [0, 0.1) is 0 Å². The van der Waals surface area contributed by atoms with Crippen LogP contribution in [0.4, 0.5) is 0 Å². The molecule has 0 saturated carbocycles. The molecule has 46 heavy (non-hydrogen) atoms. The largest absolute Gasteiger partial charge is 0.500 e. The van der Waals surface area contributed by atoms with Gasteiger partial charge in [0, 0.05) is 51.7 Å². The Hall–Kier alpha value is 1.07. The minimum absolute atomic E-state index is 0.733. The Balaban J connectivity index is 3.94. The number of unbranched alkanes of at least 4 members (excludes halogenated alkanes) is 8. The van der Waals surface area contributed by atoms with Crippen LogP contribution in [0.3, 0.4) is 0 Å². The lowest BCUT2D eigenvalue weighted by Gasteiger charge is -2.29. The first-order valence-electron chi connectivity index (χ1n) is 18.4. The zero-order valence-corrected chi connectivity index (χ0v) is 35.6. The molecule has 0 spiro atoms. The van der Waals surface area contributed by atoms with E-state index < -0.39 is 17.6 Å². The molecule has 0 aliphatic rings. The first kappa shape index (κ1) is 47.1. The van der Waals surface area contributed by atoms with Crippen LogP contribution in [-0.2, 0) is 26.6 Å². The molecule has 0 amide bonds. The van der Waals surface area contributed by atoms with Crippen molar-refractivity contribution in [3.05, 3.63) is 23.0 Å². The van der Waals surface area contributed by atoms with E-state index in [-0.39, 0.29) is 0 Å². The van der Waals surface area contributed by atoms with Crippen molar-refractivity contribution in [3.8, 4) is 0 Å². The topological polar surface area (TPSA) is 55.4 Å². The van der Waals surface area contributed by atoms with Crippen molar-refractivity contribution in [1.82, 2.24) is 0 Å². The average Bonchev–Trinajstić information content (AvgIpc) is 3.08. The molecule has 0 aromatic heterocycles. The van der Waals surface area contributed by atoms with Crippen molar-refractivity contribution in [2.24, 2.45) is 0 Å². The van der Waals surface area contributed by atoms with Crippen LogP contribution in [0.2, 0.25) is 12.1 Å². The van der Waals surface area contributed by atoms with Gasteiger partial charge in [-0.15, -0.1) is 0 Å². The van der Waals surface area contributed by atoms with Gasteiger partial charge in [0.05, 0.1) is 0 Å². The van der Waals surface area contributed by atoms with Crippen LogP contribution < -0.4 is 0 Å². The lowest BCUT2D eigenvalue weighted by atomic mass is 10.1. The van der Waals surface area contributed by atoms with E-state index in [2.05, 4.69) is 64.5 Å². The van der Waals surface area contributed by atoms with Gasteiger partial charge in [0.15, 0.2) is 0 Å². The SMILES string of the molecule is CCCO[Si](CCCCCCC=CSSSSC=CCCCCCC[Si](OCCC)(OCCC)OCCC)(OCCC)OCCC. The Morgan fingerprint density at radius 3 is 0.957 bits per heavy atom. The van der Waals surface area contributed by atoms with Crippen LogP contribution in [0.15, 0.2) is 23.0 Å². The highest BCUT2D eigenvalue weighted by Gasteiger charge is 2.41. The summed E-state index contributed by atoms with van der Waals surface area (Å²) in [7, 11) is 2.23. The summed E-state index contributed by atoms with van der Waals surface area (Å²) in [6.45, 7) is 17.3. The maximum Gasteiger partial charge on any atom is 0.500 e. The summed E-state index contributed by atoms with van der Waals surface area (Å²) in [5.74, 6) is 0. The molecule has 0 aromatic carbocycles. The van der Waals surface area contributed by atoms with Crippen LogP contribution in [0.5, 0.6) is 0 Å². The highest BCUT2D eigenvalue weighted by molar-refractivity contribution is 9.26. The molecular formula is C34H70O6S4Si2. The van der Waals surface area contributed by atoms with Crippen molar-refractivity contribution in [3.63, 3.8) is 0 Å². The first-order valence-corrected chi connectivity index (χ1v) is 27.2. The molecule has 0 rings (SSSR count). The summed E-state index contributed by atoms with van der Waals surface area (Å²) < 4.78 is 37.3. The molecule has 0 heterocycles. The van der Waals surface area contributed by atoms with E-state index in [9.17, 15) is 0 Å². The molecule has 0 saturated heterocycles. The predicted octanol–water partition coefficient (Wildman–Crippen LogP) is 13.0. The van der Waals surface area contributed by atoms with Crippen molar-refractivity contribution in [2.45, 2.75) is 156 Å². The molecule has 6 nitrogen and oxygen atoms in total. The van der Waals surface area contributed by atoms with Crippen molar-refractivity contribution in [1.29, 1.82) is 0 Å². The zero-order chi connectivity index (χ0) is 33.9. The van der Waals surface area contributed by atoms with E-state index >= 15 is 0 Å². The molecule has 0 atom stereocenters.